The maximum Gasteiger partial charge on any atom is 0.223 e. The van der Waals surface area contributed by atoms with Crippen molar-refractivity contribution in [3.63, 3.8) is 0 Å². The van der Waals surface area contributed by atoms with E-state index in [4.69, 9.17) is 5.73 Å². The number of nitrogens with zero attached hydrogens (tertiary/aromatic N) is 4. The smallest absolute Gasteiger partial charge is 0.223 e. The molecule has 28 heavy (non-hydrogen) atoms. The normalized spacial score (nSPS) is 18.0. The molecule has 1 aromatic carbocycles. The van der Waals surface area contributed by atoms with Crippen LogP contribution in [-0.2, 0) is 11.3 Å². The highest BCUT2D eigenvalue weighted by molar-refractivity contribution is 5.77. The molecule has 1 aromatic heterocycles. The van der Waals surface area contributed by atoms with Crippen LogP contribution in [0.2, 0.25) is 0 Å². The molecule has 6 nitrogen and oxygen atoms in total. The number of anilines is 1. The molecule has 1 amide bonds. The molecule has 1 aliphatic rings. The molecule has 1 fully saturated rings. The fourth-order valence-electron chi connectivity index (χ4n) is 3.93. The lowest BCUT2D eigenvalue weighted by Gasteiger charge is -2.26. The van der Waals surface area contributed by atoms with Crippen molar-refractivity contribution in [1.82, 2.24) is 19.8 Å². The van der Waals surface area contributed by atoms with Crippen LogP contribution in [0, 0.1) is 5.92 Å². The molecule has 3 rings (SSSR count). The SMILES string of the molecule is CC(C)[C@H](CC(=O)N1CC[C@@H](N(C)Cc2nccc(N)n2)C1)c1ccccc1. The van der Waals surface area contributed by atoms with Gasteiger partial charge < -0.3 is 10.6 Å². The third-order valence-corrected chi connectivity index (χ3v) is 5.68. The molecule has 0 aliphatic carbocycles. The third-order valence-electron chi connectivity index (χ3n) is 5.68. The number of rotatable bonds is 7. The molecular formula is C22H31N5O. The number of carbonyl (C=O) groups excluding carboxylic acids is 1. The number of likely N-dealkylation sites (N-methyl/N-ethyl adjacent to an activating group) is 1. The van der Waals surface area contributed by atoms with Crippen LogP contribution in [0.5, 0.6) is 0 Å². The molecule has 0 radical (unpaired) electrons. The first-order valence-corrected chi connectivity index (χ1v) is 10.0. The number of amides is 1. The number of benzene rings is 1. The van der Waals surface area contributed by atoms with Crippen molar-refractivity contribution < 1.29 is 4.79 Å². The lowest BCUT2D eigenvalue weighted by atomic mass is 9.85. The van der Waals surface area contributed by atoms with Crippen LogP contribution in [0.4, 0.5) is 5.82 Å². The standard InChI is InChI=1S/C22H31N5O/c1-16(2)19(17-7-5-4-6-8-17)13-22(28)27-12-10-18(14-27)26(3)15-21-24-11-9-20(23)25-21/h4-9,11,16,18-19H,10,12-15H2,1-3H3,(H2,23,24,25)/t18-,19+/m1/s1. The zero-order valence-electron chi connectivity index (χ0n) is 17.1. The summed E-state index contributed by atoms with van der Waals surface area (Å²) in [5.41, 5.74) is 6.99. The number of carbonyl (C=O) groups is 1. The molecular weight excluding hydrogens is 350 g/mol. The fraction of sp³-hybridized carbons (Fsp3) is 0.500. The van der Waals surface area contributed by atoms with Gasteiger partial charge in [0.05, 0.1) is 6.54 Å². The van der Waals surface area contributed by atoms with E-state index in [1.807, 2.05) is 11.0 Å². The highest BCUT2D eigenvalue weighted by Crippen LogP contribution is 2.29. The van der Waals surface area contributed by atoms with Crippen molar-refractivity contribution in [1.29, 1.82) is 0 Å². The molecule has 150 valence electrons. The van der Waals surface area contributed by atoms with Crippen LogP contribution < -0.4 is 5.73 Å². The number of nitrogens with two attached hydrogens (primary N) is 1. The van der Waals surface area contributed by atoms with E-state index in [1.165, 1.54) is 5.56 Å². The molecule has 0 unspecified atom stereocenters. The summed E-state index contributed by atoms with van der Waals surface area (Å²) < 4.78 is 0. The van der Waals surface area contributed by atoms with Crippen LogP contribution in [0.3, 0.4) is 0 Å². The van der Waals surface area contributed by atoms with Crippen molar-refractivity contribution >= 4 is 11.7 Å². The Kier molecular flexibility index (Phi) is 6.62. The van der Waals surface area contributed by atoms with Crippen LogP contribution in [0.1, 0.15) is 44.0 Å². The van der Waals surface area contributed by atoms with Crippen molar-refractivity contribution in [2.24, 2.45) is 5.92 Å². The molecule has 0 spiro atoms. The Morgan fingerprint density at radius 1 is 1.29 bits per heavy atom. The van der Waals surface area contributed by atoms with Crippen LogP contribution >= 0.6 is 0 Å². The van der Waals surface area contributed by atoms with Crippen molar-refractivity contribution in [2.75, 3.05) is 25.9 Å². The lowest BCUT2D eigenvalue weighted by Crippen LogP contribution is -2.37. The first-order valence-electron chi connectivity index (χ1n) is 10.0. The van der Waals surface area contributed by atoms with Gasteiger partial charge in [-0.15, -0.1) is 0 Å². The number of hydrogen-bond acceptors (Lipinski definition) is 5. The largest absolute Gasteiger partial charge is 0.384 e. The van der Waals surface area contributed by atoms with E-state index < -0.39 is 0 Å². The number of nitrogen functional groups attached to an aromatic ring is 1. The second kappa shape index (κ2) is 9.15. The average molecular weight is 382 g/mol. The molecule has 2 N–H and O–H groups in total. The van der Waals surface area contributed by atoms with Gasteiger partial charge in [0.15, 0.2) is 0 Å². The Bertz CT molecular complexity index is 780. The van der Waals surface area contributed by atoms with Crippen molar-refractivity contribution in [3.8, 4) is 0 Å². The summed E-state index contributed by atoms with van der Waals surface area (Å²) in [7, 11) is 2.06. The molecule has 6 heteroatoms. The molecule has 2 aromatic rings. The molecule has 2 heterocycles. The highest BCUT2D eigenvalue weighted by atomic mass is 16.2. The summed E-state index contributed by atoms with van der Waals surface area (Å²) in [6.07, 6.45) is 3.23. The fourth-order valence-corrected chi connectivity index (χ4v) is 3.93. The maximum absolute atomic E-state index is 13.0. The van der Waals surface area contributed by atoms with Gasteiger partial charge in [0.1, 0.15) is 11.6 Å². The van der Waals surface area contributed by atoms with Gasteiger partial charge in [-0.1, -0.05) is 44.2 Å². The Hall–Kier alpha value is -2.47. The average Bonchev–Trinajstić information content (AvgIpc) is 3.17. The topological polar surface area (TPSA) is 75.4 Å². The van der Waals surface area contributed by atoms with E-state index in [9.17, 15) is 4.79 Å². The number of likely N-dealkylation sites (tertiary alicyclic amines) is 1. The minimum Gasteiger partial charge on any atom is -0.384 e. The second-order valence-electron chi connectivity index (χ2n) is 8.06. The van der Waals surface area contributed by atoms with Gasteiger partial charge >= 0.3 is 0 Å². The van der Waals surface area contributed by atoms with Gasteiger partial charge in [0.2, 0.25) is 5.91 Å². The van der Waals surface area contributed by atoms with Gasteiger partial charge in [-0.25, -0.2) is 9.97 Å². The number of aromatic nitrogens is 2. The third kappa shape index (κ3) is 5.07. The quantitative estimate of drug-likeness (QED) is 0.798. The van der Waals surface area contributed by atoms with Gasteiger partial charge in [-0.2, -0.15) is 0 Å². The maximum atomic E-state index is 13.0. The predicted molar refractivity (Wildman–Crippen MR) is 112 cm³/mol. The summed E-state index contributed by atoms with van der Waals surface area (Å²) in [5.74, 6) is 2.14. The van der Waals surface area contributed by atoms with E-state index in [-0.39, 0.29) is 11.8 Å². The van der Waals surface area contributed by atoms with Crippen LogP contribution in [0.25, 0.3) is 0 Å². The first-order chi connectivity index (χ1) is 13.4. The summed E-state index contributed by atoms with van der Waals surface area (Å²) >= 11 is 0. The minimum atomic E-state index is 0.249. The summed E-state index contributed by atoms with van der Waals surface area (Å²) in [6.45, 7) is 6.59. The van der Waals surface area contributed by atoms with Gasteiger partial charge in [-0.3, -0.25) is 9.69 Å². The van der Waals surface area contributed by atoms with Crippen LogP contribution in [-0.4, -0.2) is 51.9 Å². The van der Waals surface area contributed by atoms with Gasteiger partial charge in [0, 0.05) is 31.7 Å². The molecule has 0 saturated carbocycles. The summed E-state index contributed by atoms with van der Waals surface area (Å²) in [6, 6.07) is 12.4. The van der Waals surface area contributed by atoms with E-state index in [0.717, 1.165) is 25.3 Å². The zero-order valence-corrected chi connectivity index (χ0v) is 17.1. The Labute approximate surface area is 167 Å². The van der Waals surface area contributed by atoms with E-state index >= 15 is 0 Å². The number of hydrogen-bond donors (Lipinski definition) is 1. The molecule has 2 atom stereocenters. The van der Waals surface area contributed by atoms with Gasteiger partial charge in [-0.05, 0) is 36.9 Å². The Balaban J connectivity index is 1.57. The lowest BCUT2D eigenvalue weighted by molar-refractivity contribution is -0.131. The van der Waals surface area contributed by atoms with Gasteiger partial charge in [0.25, 0.3) is 0 Å². The molecule has 1 saturated heterocycles. The summed E-state index contributed by atoms with van der Waals surface area (Å²) in [4.78, 5) is 25.8. The zero-order chi connectivity index (χ0) is 20.1. The minimum absolute atomic E-state index is 0.249. The van der Waals surface area contributed by atoms with Crippen LogP contribution in [0.15, 0.2) is 42.6 Å². The highest BCUT2D eigenvalue weighted by Gasteiger charge is 2.31. The van der Waals surface area contributed by atoms with Crippen molar-refractivity contribution in [2.45, 2.75) is 45.2 Å². The Morgan fingerprint density at radius 2 is 2.04 bits per heavy atom. The van der Waals surface area contributed by atoms with E-state index in [1.54, 1.807) is 12.3 Å². The Morgan fingerprint density at radius 3 is 2.71 bits per heavy atom. The molecule has 0 bridgehead atoms. The van der Waals surface area contributed by atoms with Crippen molar-refractivity contribution in [3.05, 3.63) is 54.0 Å². The summed E-state index contributed by atoms with van der Waals surface area (Å²) in [5, 5.41) is 0. The first kappa shape index (κ1) is 20.3. The predicted octanol–water partition coefficient (Wildman–Crippen LogP) is 2.92. The monoisotopic (exact) mass is 381 g/mol. The van der Waals surface area contributed by atoms with E-state index in [0.29, 0.717) is 30.7 Å². The molecule has 1 aliphatic heterocycles. The second-order valence-corrected chi connectivity index (χ2v) is 8.06. The van der Waals surface area contributed by atoms with E-state index in [2.05, 4.69) is 60.0 Å².